The van der Waals surface area contributed by atoms with Crippen molar-refractivity contribution < 1.29 is 85.7 Å². The zero-order valence-corrected chi connectivity index (χ0v) is 49.8. The lowest BCUT2D eigenvalue weighted by atomic mass is 10.1. The van der Waals surface area contributed by atoms with Crippen molar-refractivity contribution >= 4 is 52.8 Å². The number of carbonyl (C=O) groups is 6. The topological polar surface area (TPSA) is 350 Å². The van der Waals surface area contributed by atoms with E-state index in [0.717, 1.165) is 35.4 Å². The predicted molar refractivity (Wildman–Crippen MR) is 325 cm³/mol. The largest absolute Gasteiger partial charge is 0.504 e. The first kappa shape index (κ1) is 68.3. The third-order valence-corrected chi connectivity index (χ3v) is 13.5. The molecule has 0 saturated carbocycles. The van der Waals surface area contributed by atoms with Gasteiger partial charge in [-0.2, -0.15) is 56.9 Å². The van der Waals surface area contributed by atoms with Gasteiger partial charge >= 0.3 is 30.3 Å². The Kier molecular flexibility index (Phi) is 20.9. The Hall–Kier alpha value is -12.2. The van der Waals surface area contributed by atoms with Crippen LogP contribution >= 0.6 is 0 Å². The summed E-state index contributed by atoms with van der Waals surface area (Å²) in [4.78, 5) is 69.3. The minimum atomic E-state index is -4.54. The molecule has 3 heterocycles. The van der Waals surface area contributed by atoms with Gasteiger partial charge in [0, 0.05) is 54.5 Å². The molecule has 6 aromatic carbocycles. The van der Waals surface area contributed by atoms with Crippen LogP contribution in [0.1, 0.15) is 117 Å². The van der Waals surface area contributed by atoms with E-state index in [1.54, 1.807) is 18.7 Å². The molecule has 93 heavy (non-hydrogen) atoms. The van der Waals surface area contributed by atoms with Crippen LogP contribution < -0.4 is 16.3 Å². The van der Waals surface area contributed by atoms with Crippen molar-refractivity contribution in [2.24, 2.45) is 36.4 Å². The Balaban J connectivity index is 0.000000198. The van der Waals surface area contributed by atoms with Gasteiger partial charge in [-0.3, -0.25) is 28.4 Å². The standard InChI is InChI=1S/2C21H17F3N4O4.C21H20N4O4/c1-11(25-26-19(30)13-3-5-14(6-4-13)20(31)32)16-18(29)17(28(2)27-16)12-7-9-15(10-8-12)21(22,23)24;1-11(25-26-19(30)12-6-8-13(9-7-12)20(31)32)16-18(29)17(28(2)27-16)14-4-3-5-15(10-14)21(22,23)24;1-12-4-6-14(7-5-12)18-19(26)17(24-25(18)3)13(2)22-23-20(27)15-8-10-16(11-9-15)21(28)29/h2*3-10,29H,1-2H3,(H,26,30)(H,31,32);4-11,26H,1-3H3,(H,23,27)(H,28,29)/b2*25-11+;22-13+. The quantitative estimate of drug-likeness (QED) is 0.0262. The first-order valence-electron chi connectivity index (χ1n) is 27.0. The van der Waals surface area contributed by atoms with Crippen LogP contribution in [0.4, 0.5) is 26.3 Å². The summed E-state index contributed by atoms with van der Waals surface area (Å²) in [5.41, 5.74) is 9.90. The Bertz CT molecular complexity index is 4400. The molecule has 0 fully saturated rings. The second-order valence-electron chi connectivity index (χ2n) is 20.1. The van der Waals surface area contributed by atoms with E-state index in [1.165, 1.54) is 134 Å². The van der Waals surface area contributed by atoms with E-state index in [2.05, 4.69) is 46.9 Å². The van der Waals surface area contributed by atoms with Crippen LogP contribution in [0.15, 0.2) is 161 Å². The third-order valence-electron chi connectivity index (χ3n) is 13.5. The molecule has 0 bridgehead atoms. The van der Waals surface area contributed by atoms with Crippen molar-refractivity contribution in [2.75, 3.05) is 0 Å². The highest BCUT2D eigenvalue weighted by Gasteiger charge is 2.32. The maximum Gasteiger partial charge on any atom is 0.416 e. The van der Waals surface area contributed by atoms with Crippen LogP contribution in [0.3, 0.4) is 0 Å². The number of aryl methyl sites for hydroxylation is 4. The van der Waals surface area contributed by atoms with Crippen LogP contribution in [0.2, 0.25) is 0 Å². The molecule has 0 aliphatic heterocycles. The van der Waals surface area contributed by atoms with Crippen LogP contribution in [-0.4, -0.2) is 113 Å². The number of carbonyl (C=O) groups excluding carboxylic acids is 3. The molecule has 0 saturated heterocycles. The first-order valence-corrected chi connectivity index (χ1v) is 27.0. The van der Waals surface area contributed by atoms with Crippen LogP contribution in [-0.2, 0) is 33.5 Å². The van der Waals surface area contributed by atoms with E-state index < -0.39 is 64.9 Å². The van der Waals surface area contributed by atoms with Gasteiger partial charge in [0.15, 0.2) is 34.3 Å². The summed E-state index contributed by atoms with van der Waals surface area (Å²) < 4.78 is 81.5. The molecule has 3 amide bonds. The van der Waals surface area contributed by atoms with Gasteiger partial charge in [-0.05, 0) is 125 Å². The summed E-state index contributed by atoms with van der Waals surface area (Å²) in [6.45, 7) is 6.53. The predicted octanol–water partition coefficient (Wildman–Crippen LogP) is 10.3. The molecule has 0 radical (unpaired) electrons. The fourth-order valence-electron chi connectivity index (χ4n) is 8.66. The summed E-state index contributed by atoms with van der Waals surface area (Å²) >= 11 is 0. The maximum atomic E-state index is 13.0. The number of halogens is 6. The van der Waals surface area contributed by atoms with Gasteiger partial charge in [0.25, 0.3) is 17.7 Å². The first-order chi connectivity index (χ1) is 43.7. The van der Waals surface area contributed by atoms with Crippen molar-refractivity contribution in [3.8, 4) is 51.0 Å². The Morgan fingerprint density at radius 3 is 0.968 bits per heavy atom. The van der Waals surface area contributed by atoms with Crippen LogP contribution in [0.25, 0.3) is 33.8 Å². The van der Waals surface area contributed by atoms with Crippen molar-refractivity contribution in [3.63, 3.8) is 0 Å². The Morgan fingerprint density at radius 2 is 0.677 bits per heavy atom. The smallest absolute Gasteiger partial charge is 0.416 e. The average molecular weight is 1290 g/mol. The molecular formula is C63H54F6N12O12. The number of nitrogens with zero attached hydrogens (tertiary/aromatic N) is 9. The van der Waals surface area contributed by atoms with E-state index in [4.69, 9.17) is 15.3 Å². The van der Waals surface area contributed by atoms with Gasteiger partial charge < -0.3 is 30.6 Å². The zero-order chi connectivity index (χ0) is 68.4. The average Bonchev–Trinajstić information content (AvgIpc) is 1.69. The number of hydrazone groups is 3. The molecule has 9 rings (SSSR count). The van der Waals surface area contributed by atoms with Gasteiger partial charge in [0.2, 0.25) is 0 Å². The van der Waals surface area contributed by atoms with Crippen molar-refractivity contribution in [1.29, 1.82) is 0 Å². The van der Waals surface area contributed by atoms with Gasteiger partial charge in [-0.1, -0.05) is 54.1 Å². The lowest BCUT2D eigenvalue weighted by Gasteiger charge is -2.09. The summed E-state index contributed by atoms with van der Waals surface area (Å²) in [5.74, 6) is -5.81. The zero-order valence-electron chi connectivity index (χ0n) is 49.8. The van der Waals surface area contributed by atoms with Crippen molar-refractivity contribution in [2.45, 2.75) is 40.0 Å². The number of amides is 3. The molecule has 0 aliphatic carbocycles. The molecule has 3 aromatic heterocycles. The lowest BCUT2D eigenvalue weighted by Crippen LogP contribution is -2.19. The molecule has 9 aromatic rings. The summed E-state index contributed by atoms with van der Waals surface area (Å²) in [5, 5.41) is 82.8. The van der Waals surface area contributed by atoms with Crippen molar-refractivity contribution in [1.82, 2.24) is 45.6 Å². The highest BCUT2D eigenvalue weighted by Crippen LogP contribution is 2.38. The normalized spacial score (nSPS) is 11.8. The number of alkyl halides is 6. The number of aromatic carboxylic acids is 3. The number of carboxylic acids is 3. The summed E-state index contributed by atoms with van der Waals surface area (Å²) in [6, 6.07) is 32.2. The van der Waals surface area contributed by atoms with E-state index in [-0.39, 0.29) is 90.3 Å². The maximum absolute atomic E-state index is 13.0. The van der Waals surface area contributed by atoms with Crippen LogP contribution in [0.5, 0.6) is 17.2 Å². The van der Waals surface area contributed by atoms with E-state index >= 15 is 0 Å². The van der Waals surface area contributed by atoms with Gasteiger partial charge in [-0.25, -0.2) is 30.7 Å². The molecular weight excluding hydrogens is 1230 g/mol. The van der Waals surface area contributed by atoms with E-state index in [9.17, 15) is 70.4 Å². The fraction of sp³-hybridized carbons (Fsp3) is 0.143. The highest BCUT2D eigenvalue weighted by atomic mass is 19.4. The number of hydrogen-bond donors (Lipinski definition) is 9. The molecule has 24 nitrogen and oxygen atoms in total. The number of hydrogen-bond acceptors (Lipinski definition) is 15. The van der Waals surface area contributed by atoms with Gasteiger partial charge in [0.05, 0.1) is 45.0 Å². The number of carboxylic acid groups (broad SMARTS) is 3. The lowest BCUT2D eigenvalue weighted by molar-refractivity contribution is -0.138. The fourth-order valence-corrected chi connectivity index (χ4v) is 8.66. The molecule has 0 spiro atoms. The number of benzene rings is 6. The molecule has 0 atom stereocenters. The molecule has 480 valence electrons. The van der Waals surface area contributed by atoms with Crippen molar-refractivity contribution in [3.05, 3.63) is 213 Å². The SMILES string of the molecule is C/C(=N\NC(=O)c1ccc(C(=O)O)cc1)c1nn(C)c(-c2ccc(C(F)(F)F)cc2)c1O.C/C(=N\NC(=O)c1ccc(C(=O)O)cc1)c1nn(C)c(-c2ccc(C)cc2)c1O.C/C(=N\NC(=O)c1ccc(C(=O)O)cc1)c1nn(C)c(-c2cccc(C(F)(F)F)c2)c1O. The minimum absolute atomic E-state index is 0.0155. The second kappa shape index (κ2) is 28.5. The van der Waals surface area contributed by atoms with E-state index in [1.807, 2.05) is 31.2 Å². The number of aromatic hydroxyl groups is 3. The van der Waals surface area contributed by atoms with Gasteiger partial charge in [-0.15, -0.1) is 0 Å². The number of rotatable bonds is 15. The van der Waals surface area contributed by atoms with Gasteiger partial charge in [0.1, 0.15) is 17.1 Å². The Labute approximate surface area is 522 Å². The molecule has 0 aliphatic rings. The summed E-state index contributed by atoms with van der Waals surface area (Å²) in [7, 11) is 4.68. The Morgan fingerprint density at radius 1 is 0.398 bits per heavy atom. The number of nitrogens with one attached hydrogen (secondary N) is 3. The number of aromatic nitrogens is 6. The monoisotopic (exact) mass is 1280 g/mol. The van der Waals surface area contributed by atoms with Crippen LogP contribution in [0, 0.1) is 6.92 Å². The molecule has 0 unspecified atom stereocenters. The summed E-state index contributed by atoms with van der Waals surface area (Å²) in [6.07, 6.45) is -9.02. The third kappa shape index (κ3) is 16.5. The molecule has 30 heteroatoms. The highest BCUT2D eigenvalue weighted by molar-refractivity contribution is 6.05. The van der Waals surface area contributed by atoms with E-state index in [0.29, 0.717) is 17.0 Å². The second-order valence-corrected chi connectivity index (χ2v) is 20.1. The minimum Gasteiger partial charge on any atom is -0.504 e. The molecule has 9 N–H and O–H groups in total.